The summed E-state index contributed by atoms with van der Waals surface area (Å²) in [5.41, 5.74) is -2.16. The van der Waals surface area contributed by atoms with Crippen LogP contribution in [0.2, 0.25) is 6.04 Å². The van der Waals surface area contributed by atoms with E-state index in [0.717, 1.165) is 26.2 Å². The molecule has 0 aliphatic heterocycles. The first-order chi connectivity index (χ1) is 13.1. The van der Waals surface area contributed by atoms with Crippen molar-refractivity contribution >= 4 is 18.3 Å². The molecule has 4 unspecified atom stereocenters. The van der Waals surface area contributed by atoms with E-state index in [4.69, 9.17) is 17.8 Å². The SMILES string of the molecule is CCCC(CC(CC)C[Si](OCC)(OCC)OCC)CC(C)(OP)C(F)(F)F. The lowest BCUT2D eigenvalue weighted by Crippen LogP contribution is -2.48. The second kappa shape index (κ2) is 13.6. The Morgan fingerprint density at radius 1 is 0.893 bits per heavy atom. The van der Waals surface area contributed by atoms with Crippen LogP contribution in [0.15, 0.2) is 0 Å². The van der Waals surface area contributed by atoms with E-state index in [9.17, 15) is 13.2 Å². The van der Waals surface area contributed by atoms with Crippen molar-refractivity contribution in [1.82, 2.24) is 0 Å². The zero-order valence-corrected chi connectivity index (χ0v) is 20.5. The molecule has 9 heteroatoms. The summed E-state index contributed by atoms with van der Waals surface area (Å²) in [7, 11) is -1.04. The molecule has 0 aromatic carbocycles. The van der Waals surface area contributed by atoms with Crippen molar-refractivity contribution in [3.8, 4) is 0 Å². The van der Waals surface area contributed by atoms with Crippen LogP contribution in [0.1, 0.15) is 73.6 Å². The van der Waals surface area contributed by atoms with Gasteiger partial charge in [-0.15, -0.1) is 0 Å². The number of rotatable bonds is 16. The molecule has 170 valence electrons. The molecule has 0 saturated heterocycles. The molecule has 0 aromatic heterocycles. The molecule has 0 rings (SSSR count). The fraction of sp³-hybridized carbons (Fsp3) is 1.00. The van der Waals surface area contributed by atoms with Gasteiger partial charge in [0.15, 0.2) is 5.60 Å². The molecule has 0 fully saturated rings. The molecule has 0 spiro atoms. The van der Waals surface area contributed by atoms with Gasteiger partial charge >= 0.3 is 15.0 Å². The summed E-state index contributed by atoms with van der Waals surface area (Å²) in [5, 5.41) is 0. The van der Waals surface area contributed by atoms with E-state index in [2.05, 4.69) is 6.92 Å². The highest BCUT2D eigenvalue weighted by atomic mass is 31.0. The molecular formula is C19H40F3O4PSi. The molecule has 0 radical (unpaired) electrons. The highest BCUT2D eigenvalue weighted by Gasteiger charge is 2.53. The van der Waals surface area contributed by atoms with E-state index < -0.39 is 20.6 Å². The number of alkyl halides is 3. The maximum atomic E-state index is 13.5. The van der Waals surface area contributed by atoms with Crippen molar-refractivity contribution in [1.29, 1.82) is 0 Å². The minimum atomic E-state index is -4.41. The van der Waals surface area contributed by atoms with Gasteiger partial charge in [-0.25, -0.2) is 0 Å². The fourth-order valence-corrected chi connectivity index (χ4v) is 6.99. The molecular weight excluding hydrogens is 408 g/mol. The lowest BCUT2D eigenvalue weighted by molar-refractivity contribution is -0.244. The van der Waals surface area contributed by atoms with Gasteiger partial charge in [-0.1, -0.05) is 33.1 Å². The topological polar surface area (TPSA) is 36.9 Å². The van der Waals surface area contributed by atoms with Gasteiger partial charge < -0.3 is 17.8 Å². The summed E-state index contributed by atoms with van der Waals surface area (Å²) in [6, 6.07) is 0.629. The Labute approximate surface area is 172 Å². The molecule has 0 aromatic rings. The van der Waals surface area contributed by atoms with Crippen molar-refractivity contribution in [3.05, 3.63) is 0 Å². The van der Waals surface area contributed by atoms with Crippen LogP contribution in [0.25, 0.3) is 0 Å². The number of halogens is 3. The standard InChI is InChI=1S/C19H40F3O4PSi/c1-7-12-17(14-18(6,26-27)19(20,21)22)13-16(8-2)15-28(23-9-3,24-10-4)25-11-5/h16-17H,7-15,27H2,1-6H3. The maximum Gasteiger partial charge on any atom is 0.501 e. The van der Waals surface area contributed by atoms with Crippen molar-refractivity contribution in [2.75, 3.05) is 19.8 Å². The van der Waals surface area contributed by atoms with Crippen molar-refractivity contribution < 1.29 is 31.0 Å². The summed E-state index contributed by atoms with van der Waals surface area (Å²) < 4.78 is 63.2. The largest absolute Gasteiger partial charge is 0.501 e. The fourth-order valence-electron chi connectivity index (χ4n) is 3.67. The molecule has 0 bridgehead atoms. The van der Waals surface area contributed by atoms with Crippen LogP contribution in [0.4, 0.5) is 13.2 Å². The van der Waals surface area contributed by atoms with Crippen molar-refractivity contribution in [2.24, 2.45) is 11.8 Å². The summed E-state index contributed by atoms with van der Waals surface area (Å²) in [5.74, 6) is 0.0774. The van der Waals surface area contributed by atoms with Crippen molar-refractivity contribution in [3.63, 3.8) is 0 Å². The zero-order valence-electron chi connectivity index (χ0n) is 18.4. The third-order valence-electron chi connectivity index (χ3n) is 5.11. The van der Waals surface area contributed by atoms with Gasteiger partial charge in [-0.05, 0) is 52.4 Å². The van der Waals surface area contributed by atoms with Gasteiger partial charge in [0.1, 0.15) is 0 Å². The Balaban J connectivity index is 5.40. The maximum absolute atomic E-state index is 13.5. The Morgan fingerprint density at radius 3 is 1.71 bits per heavy atom. The van der Waals surface area contributed by atoms with Gasteiger partial charge in [-0.2, -0.15) is 13.2 Å². The van der Waals surface area contributed by atoms with Crippen LogP contribution in [0, 0.1) is 11.8 Å². The minimum Gasteiger partial charge on any atom is -0.374 e. The predicted octanol–water partition coefficient (Wildman–Crippen LogP) is 6.39. The van der Waals surface area contributed by atoms with Gasteiger partial charge in [0.05, 0.1) is 0 Å². The monoisotopic (exact) mass is 448 g/mol. The second-order valence-corrected chi connectivity index (χ2v) is 10.3. The lowest BCUT2D eigenvalue weighted by atomic mass is 9.82. The quantitative estimate of drug-likeness (QED) is 0.203. The van der Waals surface area contributed by atoms with Crippen LogP contribution in [0.3, 0.4) is 0 Å². The van der Waals surface area contributed by atoms with Crippen LogP contribution >= 0.6 is 9.47 Å². The first-order valence-corrected chi connectivity index (χ1v) is 12.8. The van der Waals surface area contributed by atoms with E-state index in [1.165, 1.54) is 0 Å². The summed E-state index contributed by atoms with van der Waals surface area (Å²) in [6.45, 7) is 12.4. The minimum absolute atomic E-state index is 0.0587. The van der Waals surface area contributed by atoms with Crippen LogP contribution in [0.5, 0.6) is 0 Å². The number of hydrogen-bond acceptors (Lipinski definition) is 4. The molecule has 0 amide bonds. The predicted molar refractivity (Wildman–Crippen MR) is 112 cm³/mol. The molecule has 0 aliphatic carbocycles. The third kappa shape index (κ3) is 8.96. The average Bonchev–Trinajstić information content (AvgIpc) is 2.60. The molecule has 28 heavy (non-hydrogen) atoms. The first kappa shape index (κ1) is 28.3. The van der Waals surface area contributed by atoms with Crippen LogP contribution in [-0.4, -0.2) is 40.4 Å². The van der Waals surface area contributed by atoms with Crippen LogP contribution in [-0.2, 0) is 17.8 Å². The van der Waals surface area contributed by atoms with E-state index in [0.29, 0.717) is 32.3 Å². The van der Waals surface area contributed by atoms with E-state index in [1.54, 1.807) is 9.47 Å². The molecule has 4 nitrogen and oxygen atoms in total. The van der Waals surface area contributed by atoms with Gasteiger partial charge in [0, 0.05) is 35.3 Å². The molecule has 4 atom stereocenters. The van der Waals surface area contributed by atoms with Crippen LogP contribution < -0.4 is 0 Å². The normalized spacial score (nSPS) is 17.4. The molecule has 0 aliphatic rings. The lowest BCUT2D eigenvalue weighted by Gasteiger charge is -2.36. The summed E-state index contributed by atoms with van der Waals surface area (Å²) >= 11 is 0. The van der Waals surface area contributed by atoms with Gasteiger partial charge in [0.25, 0.3) is 0 Å². The van der Waals surface area contributed by atoms with E-state index >= 15 is 0 Å². The van der Waals surface area contributed by atoms with E-state index in [-0.39, 0.29) is 18.3 Å². The second-order valence-electron chi connectivity index (χ2n) is 7.40. The summed E-state index contributed by atoms with van der Waals surface area (Å²) in [6.07, 6.45) is -1.40. The third-order valence-corrected chi connectivity index (χ3v) is 8.89. The van der Waals surface area contributed by atoms with Gasteiger partial charge in [0.2, 0.25) is 0 Å². The smallest absolute Gasteiger partial charge is 0.374 e. The Hall–Kier alpha value is 0.277. The molecule has 0 saturated carbocycles. The summed E-state index contributed by atoms with van der Waals surface area (Å²) in [4.78, 5) is 0. The molecule has 0 N–H and O–H groups in total. The number of hydrogen-bond donors (Lipinski definition) is 0. The molecule has 0 heterocycles. The van der Waals surface area contributed by atoms with Gasteiger partial charge in [-0.3, -0.25) is 0 Å². The Morgan fingerprint density at radius 2 is 1.39 bits per heavy atom. The Kier molecular flexibility index (Phi) is 13.7. The zero-order chi connectivity index (χ0) is 21.8. The Bertz CT molecular complexity index is 398. The van der Waals surface area contributed by atoms with E-state index in [1.807, 2.05) is 27.7 Å². The average molecular weight is 449 g/mol. The highest BCUT2D eigenvalue weighted by Crippen LogP contribution is 2.42. The first-order valence-electron chi connectivity index (χ1n) is 10.4. The van der Waals surface area contributed by atoms with Crippen molar-refractivity contribution in [2.45, 2.75) is 91.5 Å². The highest BCUT2D eigenvalue weighted by molar-refractivity contribution is 7.09.